The van der Waals surface area contributed by atoms with E-state index in [2.05, 4.69) is 10.4 Å². The molecule has 3 rings (SSSR count). The summed E-state index contributed by atoms with van der Waals surface area (Å²) in [6.45, 7) is 4.90. The molecule has 0 radical (unpaired) electrons. The summed E-state index contributed by atoms with van der Waals surface area (Å²) in [7, 11) is 0. The minimum Gasteiger partial charge on any atom is -0.352 e. The third kappa shape index (κ3) is 4.43. The molecule has 2 aromatic carbocycles. The van der Waals surface area contributed by atoms with Gasteiger partial charge >= 0.3 is 0 Å². The molecule has 1 heterocycles. The van der Waals surface area contributed by atoms with Crippen LogP contribution in [0, 0.1) is 24.0 Å². The molecule has 1 aromatic heterocycles. The smallest absolute Gasteiger partial charge is 0.273 e. The number of aromatic nitrogens is 2. The average molecular weight is 378 g/mol. The van der Waals surface area contributed by atoms with E-state index in [1.165, 1.54) is 6.07 Å². The number of hydrogen-bond acceptors (Lipinski definition) is 4. The highest BCUT2D eigenvalue weighted by molar-refractivity contribution is 5.79. The molecule has 0 fully saturated rings. The van der Waals surface area contributed by atoms with Gasteiger partial charge in [0, 0.05) is 29.4 Å². The van der Waals surface area contributed by atoms with E-state index >= 15 is 0 Å². The van der Waals surface area contributed by atoms with Crippen molar-refractivity contribution in [1.29, 1.82) is 0 Å². The van der Waals surface area contributed by atoms with E-state index in [1.807, 2.05) is 48.9 Å². The molecule has 1 amide bonds. The maximum absolute atomic E-state index is 12.3. The van der Waals surface area contributed by atoms with Crippen molar-refractivity contribution in [2.75, 3.05) is 0 Å². The zero-order valence-electron chi connectivity index (χ0n) is 15.9. The van der Waals surface area contributed by atoms with Gasteiger partial charge in [-0.3, -0.25) is 19.6 Å². The van der Waals surface area contributed by atoms with Gasteiger partial charge in [0.15, 0.2) is 0 Å². The van der Waals surface area contributed by atoms with E-state index in [-0.39, 0.29) is 18.0 Å². The Labute approximate surface area is 163 Å². The molecule has 0 bridgehead atoms. The van der Waals surface area contributed by atoms with Crippen LogP contribution >= 0.6 is 0 Å². The van der Waals surface area contributed by atoms with E-state index in [4.69, 9.17) is 0 Å². The van der Waals surface area contributed by atoms with Gasteiger partial charge in [0.05, 0.1) is 23.6 Å². The molecular weight excluding hydrogens is 356 g/mol. The highest BCUT2D eigenvalue weighted by Crippen LogP contribution is 2.18. The van der Waals surface area contributed by atoms with Crippen LogP contribution in [-0.4, -0.2) is 20.6 Å². The quantitative estimate of drug-likeness (QED) is 0.504. The van der Waals surface area contributed by atoms with Crippen LogP contribution < -0.4 is 5.32 Å². The lowest BCUT2D eigenvalue weighted by atomic mass is 10.1. The van der Waals surface area contributed by atoms with E-state index < -0.39 is 4.92 Å². The van der Waals surface area contributed by atoms with Crippen LogP contribution in [0.3, 0.4) is 0 Å². The lowest BCUT2D eigenvalue weighted by Gasteiger charge is -2.08. The molecule has 144 valence electrons. The summed E-state index contributed by atoms with van der Waals surface area (Å²) in [6, 6.07) is 16.3. The highest BCUT2D eigenvalue weighted by atomic mass is 16.6. The van der Waals surface area contributed by atoms with Gasteiger partial charge in [-0.1, -0.05) is 48.5 Å². The van der Waals surface area contributed by atoms with Crippen molar-refractivity contribution in [3.63, 3.8) is 0 Å². The topological polar surface area (TPSA) is 90.1 Å². The number of nitro benzene ring substituents is 1. The monoisotopic (exact) mass is 378 g/mol. The van der Waals surface area contributed by atoms with Gasteiger partial charge in [-0.15, -0.1) is 0 Å². The summed E-state index contributed by atoms with van der Waals surface area (Å²) in [5.41, 5.74) is 4.33. The van der Waals surface area contributed by atoms with Gasteiger partial charge in [-0.2, -0.15) is 5.10 Å². The van der Waals surface area contributed by atoms with E-state index in [1.54, 1.807) is 18.2 Å². The minimum atomic E-state index is -0.468. The molecule has 0 aliphatic rings. The van der Waals surface area contributed by atoms with Crippen LogP contribution in [0.4, 0.5) is 5.69 Å². The lowest BCUT2D eigenvalue weighted by molar-refractivity contribution is -0.385. The van der Waals surface area contributed by atoms with Crippen LogP contribution in [0.1, 0.15) is 28.1 Å². The number of rotatable bonds is 7. The predicted octanol–water partition coefficient (Wildman–Crippen LogP) is 3.32. The fraction of sp³-hybridized carbons (Fsp3) is 0.238. The Morgan fingerprint density at radius 2 is 1.79 bits per heavy atom. The number of hydrogen-bond donors (Lipinski definition) is 1. The number of carbonyl (C=O) groups is 1. The molecule has 1 N–H and O–H groups in total. The second kappa shape index (κ2) is 8.47. The first-order valence-corrected chi connectivity index (χ1v) is 9.01. The van der Waals surface area contributed by atoms with Crippen LogP contribution in [0.5, 0.6) is 0 Å². The maximum Gasteiger partial charge on any atom is 0.273 e. The molecule has 28 heavy (non-hydrogen) atoms. The predicted molar refractivity (Wildman–Crippen MR) is 106 cm³/mol. The van der Waals surface area contributed by atoms with Crippen molar-refractivity contribution in [3.05, 3.63) is 92.8 Å². The van der Waals surface area contributed by atoms with Gasteiger partial charge in [0.25, 0.3) is 5.69 Å². The molecule has 0 spiro atoms. The van der Waals surface area contributed by atoms with Crippen LogP contribution in [0.2, 0.25) is 0 Å². The number of para-hydroxylation sites is 1. The summed E-state index contributed by atoms with van der Waals surface area (Å²) in [4.78, 5) is 22.9. The number of carbonyl (C=O) groups excluding carboxylic acids is 1. The molecule has 0 saturated heterocycles. The largest absolute Gasteiger partial charge is 0.352 e. The Hall–Kier alpha value is -3.48. The number of nitrogens with zero attached hydrogens (tertiary/aromatic N) is 3. The zero-order chi connectivity index (χ0) is 20.1. The Morgan fingerprint density at radius 1 is 1.11 bits per heavy atom. The summed E-state index contributed by atoms with van der Waals surface area (Å²) >= 11 is 0. The third-order valence-corrected chi connectivity index (χ3v) is 4.71. The van der Waals surface area contributed by atoms with Gasteiger partial charge in [0.2, 0.25) is 5.91 Å². The standard InChI is InChI=1S/C21H22N4O3/c1-15-19(16(2)24(23-15)14-17-8-4-3-5-9-17)13-22-21(26)12-18-10-6-7-11-20(18)25(27)28/h3-11H,12-14H2,1-2H3,(H,22,26). The van der Waals surface area contributed by atoms with Gasteiger partial charge in [0.1, 0.15) is 0 Å². The van der Waals surface area contributed by atoms with Crippen LogP contribution in [0.15, 0.2) is 54.6 Å². The molecule has 0 aliphatic heterocycles. The summed E-state index contributed by atoms with van der Waals surface area (Å²) in [6.07, 6.45) is -0.0343. The maximum atomic E-state index is 12.3. The normalized spacial score (nSPS) is 10.6. The first kappa shape index (κ1) is 19.3. The van der Waals surface area contributed by atoms with Crippen LogP contribution in [-0.2, 0) is 24.3 Å². The summed E-state index contributed by atoms with van der Waals surface area (Å²) in [5, 5.41) is 18.5. The molecule has 7 heteroatoms. The van der Waals surface area contributed by atoms with Gasteiger partial charge < -0.3 is 5.32 Å². The van der Waals surface area contributed by atoms with Crippen molar-refractivity contribution in [2.24, 2.45) is 0 Å². The number of nitro groups is 1. The average Bonchev–Trinajstić information content (AvgIpc) is 2.94. The molecule has 0 saturated carbocycles. The second-order valence-corrected chi connectivity index (χ2v) is 6.63. The fourth-order valence-electron chi connectivity index (χ4n) is 3.16. The molecule has 0 aliphatic carbocycles. The number of benzene rings is 2. The number of amides is 1. The minimum absolute atomic E-state index is 0.0343. The fourth-order valence-corrected chi connectivity index (χ4v) is 3.16. The van der Waals surface area contributed by atoms with E-state index in [9.17, 15) is 14.9 Å². The van der Waals surface area contributed by atoms with Crippen LogP contribution in [0.25, 0.3) is 0 Å². The molecular formula is C21H22N4O3. The first-order valence-electron chi connectivity index (χ1n) is 9.01. The second-order valence-electron chi connectivity index (χ2n) is 6.63. The molecule has 0 atom stereocenters. The lowest BCUT2D eigenvalue weighted by Crippen LogP contribution is -2.25. The Bertz CT molecular complexity index is 996. The van der Waals surface area contributed by atoms with Crippen molar-refractivity contribution < 1.29 is 9.72 Å². The van der Waals surface area contributed by atoms with Gasteiger partial charge in [-0.05, 0) is 19.4 Å². The SMILES string of the molecule is Cc1nn(Cc2ccccc2)c(C)c1CNC(=O)Cc1ccccc1[N+](=O)[O-]. The van der Waals surface area contributed by atoms with Gasteiger partial charge in [-0.25, -0.2) is 0 Å². The Balaban J connectivity index is 1.66. The summed E-state index contributed by atoms with van der Waals surface area (Å²) < 4.78 is 1.92. The van der Waals surface area contributed by atoms with Crippen molar-refractivity contribution in [2.45, 2.75) is 33.4 Å². The molecule has 0 unspecified atom stereocenters. The van der Waals surface area contributed by atoms with Crippen molar-refractivity contribution >= 4 is 11.6 Å². The van der Waals surface area contributed by atoms with Crippen molar-refractivity contribution in [1.82, 2.24) is 15.1 Å². The van der Waals surface area contributed by atoms with E-state index in [0.717, 1.165) is 22.5 Å². The Kier molecular flexibility index (Phi) is 5.84. The Morgan fingerprint density at radius 3 is 2.50 bits per heavy atom. The third-order valence-electron chi connectivity index (χ3n) is 4.71. The zero-order valence-corrected chi connectivity index (χ0v) is 15.9. The first-order chi connectivity index (χ1) is 13.5. The molecule has 7 nitrogen and oxygen atoms in total. The highest BCUT2D eigenvalue weighted by Gasteiger charge is 2.17. The van der Waals surface area contributed by atoms with E-state index in [0.29, 0.717) is 18.7 Å². The number of aryl methyl sites for hydroxylation is 1. The number of nitrogens with one attached hydrogen (secondary N) is 1. The summed E-state index contributed by atoms with van der Waals surface area (Å²) in [5.74, 6) is -0.260. The van der Waals surface area contributed by atoms with Crippen molar-refractivity contribution in [3.8, 4) is 0 Å². The molecule has 3 aromatic rings.